The summed E-state index contributed by atoms with van der Waals surface area (Å²) in [6.07, 6.45) is 3.84. The number of carbonyl (C=O) groups excluding carboxylic acids is 1. The zero-order valence-electron chi connectivity index (χ0n) is 22.4. The Morgan fingerprint density at radius 3 is 2.71 bits per heavy atom. The number of halogens is 1. The van der Waals surface area contributed by atoms with Gasteiger partial charge >= 0.3 is 0 Å². The molecule has 2 fully saturated rings. The minimum absolute atomic E-state index is 0.0192. The van der Waals surface area contributed by atoms with Gasteiger partial charge in [-0.25, -0.2) is 0 Å². The maximum Gasteiger partial charge on any atom is 0.225 e. The minimum Gasteiger partial charge on any atom is -0.455 e. The topological polar surface area (TPSA) is 105 Å². The number of piperidine rings is 1. The Labute approximate surface area is 230 Å². The number of carbonyl (C=O) groups is 1. The van der Waals surface area contributed by atoms with Crippen molar-refractivity contribution >= 4 is 17.5 Å². The fraction of sp³-hybridized carbons (Fsp3) is 0.567. The molecule has 2 aromatic rings. The zero-order chi connectivity index (χ0) is 27.3. The molecule has 0 radical (unpaired) electrons. The summed E-state index contributed by atoms with van der Waals surface area (Å²) in [6, 6.07) is 12.9. The molecule has 1 saturated heterocycles. The SMILES string of the molecule is COCCCC[C@@](O)(c1cccc(Cl)c1Oc1cccc(C)c1)[C@@H]1CCCN(C(=O)[C@H]2C[C@@H](N)[C@@H](O)C2)C1. The van der Waals surface area contributed by atoms with E-state index in [2.05, 4.69) is 0 Å². The molecular formula is C30H41ClN2O5. The van der Waals surface area contributed by atoms with Crippen molar-refractivity contribution in [2.45, 2.75) is 69.6 Å². The third-order valence-electron chi connectivity index (χ3n) is 8.13. The standard InChI is InChI=1S/C30H41ClN2O5/c1-20-8-5-10-23(16-20)38-28-24(11-6-12-25(28)31)30(36,13-3-4-15-37-2)22-9-7-14-33(19-22)29(35)21-17-26(32)27(34)18-21/h5-6,8,10-12,16,21-22,26-27,34,36H,3-4,7,9,13-15,17-19,32H2,1-2H3/t21-,22+,26+,27-,30-/m0/s1. The number of rotatable bonds is 10. The second-order valence-corrected chi connectivity index (χ2v) is 11.3. The average molecular weight is 545 g/mol. The molecule has 208 valence electrons. The molecule has 2 aliphatic rings. The Hall–Kier alpha value is -2.16. The first kappa shape index (κ1) is 28.8. The minimum atomic E-state index is -1.26. The summed E-state index contributed by atoms with van der Waals surface area (Å²) < 4.78 is 11.6. The Kier molecular flexibility index (Phi) is 9.71. The molecule has 1 aliphatic heterocycles. The molecule has 4 N–H and O–H groups in total. The van der Waals surface area contributed by atoms with Crippen LogP contribution in [0.4, 0.5) is 0 Å². The van der Waals surface area contributed by atoms with E-state index in [0.29, 0.717) is 61.0 Å². The van der Waals surface area contributed by atoms with Gasteiger partial charge in [-0.2, -0.15) is 0 Å². The van der Waals surface area contributed by atoms with Crippen LogP contribution in [0.2, 0.25) is 5.02 Å². The van der Waals surface area contributed by atoms with Gasteiger partial charge in [-0.1, -0.05) is 35.9 Å². The number of nitrogens with two attached hydrogens (primary N) is 1. The number of aryl methyl sites for hydroxylation is 1. The van der Waals surface area contributed by atoms with Gasteiger partial charge in [-0.3, -0.25) is 4.79 Å². The van der Waals surface area contributed by atoms with Crippen LogP contribution in [-0.4, -0.2) is 60.0 Å². The van der Waals surface area contributed by atoms with Gasteiger partial charge < -0.3 is 30.3 Å². The molecule has 1 heterocycles. The first-order chi connectivity index (χ1) is 18.2. The molecule has 0 bridgehead atoms. The highest BCUT2D eigenvalue weighted by Gasteiger charge is 2.45. The van der Waals surface area contributed by atoms with Gasteiger partial charge in [-0.05, 0) is 75.6 Å². The van der Waals surface area contributed by atoms with Crippen molar-refractivity contribution in [3.8, 4) is 11.5 Å². The summed E-state index contributed by atoms with van der Waals surface area (Å²) >= 11 is 6.68. The van der Waals surface area contributed by atoms with E-state index in [1.165, 1.54) is 0 Å². The number of methoxy groups -OCH3 is 1. The van der Waals surface area contributed by atoms with Crippen LogP contribution in [-0.2, 0) is 15.1 Å². The normalized spacial score (nSPS) is 25.3. The Morgan fingerprint density at radius 1 is 1.21 bits per heavy atom. The van der Waals surface area contributed by atoms with Crippen LogP contribution in [0.15, 0.2) is 42.5 Å². The van der Waals surface area contributed by atoms with E-state index in [9.17, 15) is 15.0 Å². The number of unbranched alkanes of at least 4 members (excludes halogenated alkanes) is 1. The average Bonchev–Trinajstić information content (AvgIpc) is 3.25. The van der Waals surface area contributed by atoms with Crippen molar-refractivity contribution < 1.29 is 24.5 Å². The van der Waals surface area contributed by atoms with Gasteiger partial charge in [0.2, 0.25) is 5.91 Å². The van der Waals surface area contributed by atoms with E-state index >= 15 is 0 Å². The van der Waals surface area contributed by atoms with Crippen LogP contribution in [0, 0.1) is 18.8 Å². The molecular weight excluding hydrogens is 504 g/mol. The number of ether oxygens (including phenoxy) is 2. The number of aliphatic hydroxyl groups is 2. The fourth-order valence-electron chi connectivity index (χ4n) is 6.02. The van der Waals surface area contributed by atoms with Crippen molar-refractivity contribution in [3.63, 3.8) is 0 Å². The van der Waals surface area contributed by atoms with Crippen LogP contribution in [0.1, 0.15) is 56.1 Å². The van der Waals surface area contributed by atoms with Gasteiger partial charge in [0.1, 0.15) is 5.75 Å². The van der Waals surface area contributed by atoms with Crippen LogP contribution in [0.5, 0.6) is 11.5 Å². The molecule has 0 spiro atoms. The number of amides is 1. The number of aliphatic hydroxyl groups excluding tert-OH is 1. The second kappa shape index (κ2) is 12.8. The van der Waals surface area contributed by atoms with Gasteiger partial charge in [0.05, 0.1) is 16.7 Å². The van der Waals surface area contributed by atoms with E-state index in [-0.39, 0.29) is 23.8 Å². The fourth-order valence-corrected chi connectivity index (χ4v) is 6.24. The number of hydrogen-bond donors (Lipinski definition) is 3. The van der Waals surface area contributed by atoms with E-state index in [1.54, 1.807) is 13.2 Å². The highest BCUT2D eigenvalue weighted by Crippen LogP contribution is 2.47. The Balaban J connectivity index is 1.64. The monoisotopic (exact) mass is 544 g/mol. The Morgan fingerprint density at radius 2 is 2.00 bits per heavy atom. The van der Waals surface area contributed by atoms with E-state index < -0.39 is 11.7 Å². The van der Waals surface area contributed by atoms with Crippen LogP contribution >= 0.6 is 11.6 Å². The van der Waals surface area contributed by atoms with Crippen molar-refractivity contribution in [2.75, 3.05) is 26.8 Å². The summed E-state index contributed by atoms with van der Waals surface area (Å²) in [5.74, 6) is 0.631. The van der Waals surface area contributed by atoms with Gasteiger partial charge in [0, 0.05) is 50.2 Å². The second-order valence-electron chi connectivity index (χ2n) is 10.9. The number of nitrogens with zero attached hydrogens (tertiary/aromatic N) is 1. The Bertz CT molecular complexity index is 1090. The lowest BCUT2D eigenvalue weighted by Gasteiger charge is -2.44. The van der Waals surface area contributed by atoms with E-state index in [0.717, 1.165) is 31.2 Å². The number of likely N-dealkylation sites (tertiary alicyclic amines) is 1. The summed E-state index contributed by atoms with van der Waals surface area (Å²) in [5, 5.41) is 23.1. The predicted octanol–water partition coefficient (Wildman–Crippen LogP) is 4.78. The molecule has 7 nitrogen and oxygen atoms in total. The predicted molar refractivity (Wildman–Crippen MR) is 148 cm³/mol. The molecule has 0 unspecified atom stereocenters. The van der Waals surface area contributed by atoms with Crippen molar-refractivity contribution in [2.24, 2.45) is 17.6 Å². The largest absolute Gasteiger partial charge is 0.455 e. The third-order valence-corrected chi connectivity index (χ3v) is 8.43. The lowest BCUT2D eigenvalue weighted by atomic mass is 9.73. The molecule has 8 heteroatoms. The highest BCUT2D eigenvalue weighted by atomic mass is 35.5. The molecule has 0 aromatic heterocycles. The van der Waals surface area contributed by atoms with Gasteiger partial charge in [0.15, 0.2) is 5.75 Å². The van der Waals surface area contributed by atoms with Gasteiger partial charge in [0.25, 0.3) is 0 Å². The highest BCUT2D eigenvalue weighted by molar-refractivity contribution is 6.32. The molecule has 4 rings (SSSR count). The van der Waals surface area contributed by atoms with E-state index in [1.807, 2.05) is 48.2 Å². The molecule has 2 aromatic carbocycles. The number of para-hydroxylation sites is 1. The third kappa shape index (κ3) is 6.52. The van der Waals surface area contributed by atoms with Crippen LogP contribution in [0.3, 0.4) is 0 Å². The quantitative estimate of drug-likeness (QED) is 0.372. The van der Waals surface area contributed by atoms with Crippen molar-refractivity contribution in [3.05, 3.63) is 58.6 Å². The molecule has 1 amide bonds. The maximum atomic E-state index is 13.4. The summed E-state index contributed by atoms with van der Waals surface area (Å²) in [7, 11) is 1.67. The maximum absolute atomic E-state index is 13.4. The van der Waals surface area contributed by atoms with Crippen molar-refractivity contribution in [1.29, 1.82) is 0 Å². The van der Waals surface area contributed by atoms with Gasteiger partial charge in [-0.15, -0.1) is 0 Å². The van der Waals surface area contributed by atoms with Crippen molar-refractivity contribution in [1.82, 2.24) is 4.90 Å². The lowest BCUT2D eigenvalue weighted by Crippen LogP contribution is -2.49. The van der Waals surface area contributed by atoms with Crippen LogP contribution in [0.25, 0.3) is 0 Å². The summed E-state index contributed by atoms with van der Waals surface area (Å²) in [5.41, 5.74) is 6.43. The first-order valence-corrected chi connectivity index (χ1v) is 14.1. The summed E-state index contributed by atoms with van der Waals surface area (Å²) in [6.45, 7) is 3.67. The molecule has 5 atom stereocenters. The van der Waals surface area contributed by atoms with Crippen LogP contribution < -0.4 is 10.5 Å². The molecule has 38 heavy (non-hydrogen) atoms. The smallest absolute Gasteiger partial charge is 0.225 e. The first-order valence-electron chi connectivity index (χ1n) is 13.7. The number of hydrogen-bond acceptors (Lipinski definition) is 6. The molecule has 1 saturated carbocycles. The summed E-state index contributed by atoms with van der Waals surface area (Å²) in [4.78, 5) is 15.3. The number of benzene rings is 2. The lowest BCUT2D eigenvalue weighted by molar-refractivity contribution is -0.141. The zero-order valence-corrected chi connectivity index (χ0v) is 23.2. The molecule has 1 aliphatic carbocycles. The van der Waals surface area contributed by atoms with E-state index in [4.69, 9.17) is 26.8 Å².